The number of fused-ring (bicyclic) bond motifs is 3. The minimum Gasteiger partial charge on any atom is -0.378 e. The molecule has 40 heteroatoms. The number of aromatic amines is 3. The number of carbonyl (C=O) groups is 4. The number of H-pyrrole nitrogens is 3. The summed E-state index contributed by atoms with van der Waals surface area (Å²) in [6.45, 7) is 14.0. The summed E-state index contributed by atoms with van der Waals surface area (Å²) in [6, 6.07) is 13.9. The van der Waals surface area contributed by atoms with Crippen LogP contribution in [0.3, 0.4) is 0 Å². The van der Waals surface area contributed by atoms with Crippen LogP contribution in [-0.4, -0.2) is 204 Å². The number of hydrogen-bond acceptors (Lipinski definition) is 25. The third kappa shape index (κ3) is 28.0. The maximum Gasteiger partial charge on any atom is 0.471 e. The number of hydrogen-bond donors (Lipinski definition) is 13. The van der Waals surface area contributed by atoms with Crippen LogP contribution in [0, 0.1) is 43.4 Å². The second kappa shape index (κ2) is 44.2. The minimum absolute atomic E-state index is 0.0891. The van der Waals surface area contributed by atoms with E-state index in [2.05, 4.69) is 129 Å². The van der Waals surface area contributed by atoms with E-state index in [-0.39, 0.29) is 66.5 Å². The number of aromatic nitrogens is 12. The van der Waals surface area contributed by atoms with Crippen molar-refractivity contribution in [3.8, 4) is 0 Å². The fourth-order valence-corrected chi connectivity index (χ4v) is 16.7. The summed E-state index contributed by atoms with van der Waals surface area (Å²) in [4.78, 5) is 96.9. The second-order valence-corrected chi connectivity index (χ2v) is 33.1. The number of aryl methyl sites for hydroxylation is 2. The van der Waals surface area contributed by atoms with Crippen molar-refractivity contribution in [2.75, 3.05) is 109 Å². The number of nitrogens with one attached hydrogen (secondary N) is 10. The van der Waals surface area contributed by atoms with Crippen LogP contribution in [0.15, 0.2) is 55.4 Å². The standard InChI is InChI=1S/C26H32F3N7O2.C23H32N8O.C15H17ClF3N5O.C9H15F3N2O.C9H18N2O/c1-16-14-19(36-10-12-38-13-11-36)7-8-20(16)33-25-34-23-22(30-15-31-23)24(35-25)32-18-5-2-17(3-6-18)4-9-21(37)26(27,28)29;1-15-12-18(31-8-10-32-11-9-31)6-7-19(15)28-23-29-21-20(25-14-26-21)22(30-23)27-17-4-2-16(13-24)3-5-17;16-14-23-12-11(20-7-21-12)13(24-14)22-9-4-1-8(2-5-9)3-6-10(25)15(17,18)19;10-9(11,12)8(15)14-5-6-1-3-7(13)4-2-6;1-7(12)11-9-4-2-8(6-10)3-5-9/h7-8,14-15,17-18H,2-6,9-13H2,1H3,(H3,30,31,32,33,34,35);6-7,12,14,16-17H,2-5,8-11,13,24H2,1H3,(H3,25,26,27,28,29,30);7-9H,1-6H2,(H2,20,21,22,23,24);6-7H,1-5,13H2,(H,14,15);8-9H,2-6,10H2,1H3,(H,11,12). The highest BCUT2D eigenvalue weighted by Crippen LogP contribution is 2.37. The molecule has 7 aliphatic rings. The van der Waals surface area contributed by atoms with Gasteiger partial charge in [-0.05, 0) is 257 Å². The number of rotatable bonds is 23. The molecule has 7 fully saturated rings. The third-order valence-electron chi connectivity index (χ3n) is 23.9. The highest BCUT2D eigenvalue weighted by atomic mass is 35.5. The smallest absolute Gasteiger partial charge is 0.378 e. The predicted molar refractivity (Wildman–Crippen MR) is 450 cm³/mol. The highest BCUT2D eigenvalue weighted by molar-refractivity contribution is 6.28. The van der Waals surface area contributed by atoms with Gasteiger partial charge in [-0.2, -0.15) is 69.4 Å². The molecule has 2 aromatic carbocycles. The molecule has 5 saturated carbocycles. The van der Waals surface area contributed by atoms with Gasteiger partial charge >= 0.3 is 24.4 Å². The molecular formula is C82H114ClF9N24O6. The molecule has 668 valence electrons. The molecule has 122 heavy (non-hydrogen) atoms. The fraction of sp³-hybridized carbons (Fsp3) is 0.622. The van der Waals surface area contributed by atoms with Crippen LogP contribution in [-0.2, 0) is 28.7 Å². The maximum absolute atomic E-state index is 12.5. The van der Waals surface area contributed by atoms with E-state index in [1.165, 1.54) is 24.9 Å². The normalized spacial score (nSPS) is 22.8. The van der Waals surface area contributed by atoms with Crippen molar-refractivity contribution in [1.82, 2.24) is 70.4 Å². The molecule has 8 aromatic rings. The van der Waals surface area contributed by atoms with E-state index in [0.29, 0.717) is 75.4 Å². The zero-order valence-electron chi connectivity index (χ0n) is 69.1. The number of nitrogens with zero attached hydrogens (tertiary/aromatic N) is 11. The van der Waals surface area contributed by atoms with Gasteiger partial charge in [0.15, 0.2) is 34.4 Å². The van der Waals surface area contributed by atoms with Gasteiger partial charge in [0.25, 0.3) is 0 Å². The van der Waals surface area contributed by atoms with E-state index in [1.54, 1.807) is 19.6 Å². The fourth-order valence-electron chi connectivity index (χ4n) is 16.6. The average Bonchev–Trinajstić information content (AvgIpc) is 1.66. The van der Waals surface area contributed by atoms with E-state index >= 15 is 0 Å². The van der Waals surface area contributed by atoms with Crippen molar-refractivity contribution >= 4 is 121 Å². The van der Waals surface area contributed by atoms with Crippen LogP contribution in [0.1, 0.15) is 172 Å². The van der Waals surface area contributed by atoms with E-state index < -0.39 is 48.8 Å². The van der Waals surface area contributed by atoms with Crippen LogP contribution >= 0.6 is 11.6 Å². The predicted octanol–water partition coefficient (Wildman–Crippen LogP) is 14.0. The first kappa shape index (κ1) is 93.1. The Hall–Kier alpha value is -9.57. The number of benzene rings is 2. The lowest BCUT2D eigenvalue weighted by atomic mass is 9.83. The first-order chi connectivity index (χ1) is 58.4. The van der Waals surface area contributed by atoms with E-state index in [1.807, 2.05) is 18.3 Å². The molecule has 6 aromatic heterocycles. The first-order valence-corrected chi connectivity index (χ1v) is 42.7. The zero-order chi connectivity index (χ0) is 87.1. The van der Waals surface area contributed by atoms with Crippen molar-refractivity contribution in [2.24, 2.45) is 46.8 Å². The Balaban J connectivity index is 0.000000157. The topological polar surface area (TPSA) is 419 Å². The molecule has 2 aliphatic heterocycles. The van der Waals surface area contributed by atoms with Crippen LogP contribution in [0.25, 0.3) is 33.5 Å². The molecule has 2 amide bonds. The highest BCUT2D eigenvalue weighted by Gasteiger charge is 2.41. The van der Waals surface area contributed by atoms with Gasteiger partial charge in [0.05, 0.1) is 45.4 Å². The number of ether oxygens (including phenoxy) is 2. The Kier molecular flexibility index (Phi) is 33.7. The van der Waals surface area contributed by atoms with Gasteiger partial charge in [0.2, 0.25) is 34.7 Å². The summed E-state index contributed by atoms with van der Waals surface area (Å²) in [5.41, 5.74) is 27.4. The Labute approximate surface area is 706 Å². The van der Waals surface area contributed by atoms with E-state index in [4.69, 9.17) is 48.2 Å². The summed E-state index contributed by atoms with van der Waals surface area (Å²) in [5.74, 6) is -0.315. The van der Waals surface area contributed by atoms with Gasteiger partial charge in [0, 0.05) is 105 Å². The van der Waals surface area contributed by atoms with Crippen molar-refractivity contribution in [1.29, 1.82) is 0 Å². The molecule has 0 atom stereocenters. The Bertz CT molecular complexity index is 4660. The van der Waals surface area contributed by atoms with Gasteiger partial charge < -0.3 is 88.6 Å². The molecule has 30 nitrogen and oxygen atoms in total. The number of carbonyl (C=O) groups excluding carboxylic acids is 4. The molecule has 0 radical (unpaired) electrons. The molecule has 0 bridgehead atoms. The Morgan fingerprint density at radius 3 is 1.20 bits per heavy atom. The monoisotopic (exact) mass is 1740 g/mol. The van der Waals surface area contributed by atoms with Crippen LogP contribution in [0.4, 0.5) is 91.6 Å². The number of ketones is 2. The summed E-state index contributed by atoms with van der Waals surface area (Å²) in [7, 11) is 0. The number of nitrogens with two attached hydrogens (primary N) is 3. The van der Waals surface area contributed by atoms with Crippen molar-refractivity contribution in [3.05, 3.63) is 71.8 Å². The summed E-state index contributed by atoms with van der Waals surface area (Å²) in [5, 5.41) is 22.1. The number of alkyl halides is 9. The van der Waals surface area contributed by atoms with Crippen LogP contribution < -0.4 is 64.2 Å². The lowest BCUT2D eigenvalue weighted by molar-refractivity contribution is -0.173. The Morgan fingerprint density at radius 1 is 0.475 bits per heavy atom. The van der Waals surface area contributed by atoms with Crippen molar-refractivity contribution in [3.63, 3.8) is 0 Å². The second-order valence-electron chi connectivity index (χ2n) is 32.8. The number of imidazole rings is 3. The third-order valence-corrected chi connectivity index (χ3v) is 24.0. The maximum atomic E-state index is 12.5. The minimum atomic E-state index is -4.77. The van der Waals surface area contributed by atoms with Gasteiger partial charge in [-0.25, -0.2) is 15.0 Å². The van der Waals surface area contributed by atoms with Crippen LogP contribution in [0.2, 0.25) is 5.28 Å². The number of Topliss-reactive ketones (excluding diaryl/α,β-unsaturated/α-hetero) is 2. The lowest BCUT2D eigenvalue weighted by Gasteiger charge is -2.29. The molecule has 0 unspecified atom stereocenters. The van der Waals surface area contributed by atoms with Crippen molar-refractivity contribution in [2.45, 2.75) is 224 Å². The first-order valence-electron chi connectivity index (χ1n) is 42.4. The largest absolute Gasteiger partial charge is 0.471 e. The number of morpholine rings is 2. The molecule has 16 N–H and O–H groups in total. The summed E-state index contributed by atoms with van der Waals surface area (Å²) < 4.78 is 121. The quantitative estimate of drug-likeness (QED) is 0.0209. The molecule has 5 aliphatic carbocycles. The summed E-state index contributed by atoms with van der Waals surface area (Å²) >= 11 is 5.89. The van der Waals surface area contributed by atoms with Crippen LogP contribution in [0.5, 0.6) is 0 Å². The molecule has 2 saturated heterocycles. The van der Waals surface area contributed by atoms with E-state index in [9.17, 15) is 58.7 Å². The summed E-state index contributed by atoms with van der Waals surface area (Å²) in [6.07, 6.45) is 8.74. The van der Waals surface area contributed by atoms with Gasteiger partial charge in [-0.1, -0.05) is 0 Å². The van der Waals surface area contributed by atoms with Crippen molar-refractivity contribution < 1.29 is 68.2 Å². The zero-order valence-corrected chi connectivity index (χ0v) is 69.9. The molecular weight excluding hydrogens is 1620 g/mol. The van der Waals surface area contributed by atoms with Gasteiger partial charge in [-0.3, -0.25) is 19.2 Å². The Morgan fingerprint density at radius 2 is 0.836 bits per heavy atom. The molecule has 8 heterocycles. The lowest BCUT2D eigenvalue weighted by Crippen LogP contribution is -2.40. The molecule has 0 spiro atoms. The number of anilines is 9. The number of amides is 2. The average molecular weight is 1740 g/mol. The van der Waals surface area contributed by atoms with E-state index in [0.717, 1.165) is 221 Å². The SMILES string of the molecule is CC(=O)NC1CCC(CN)CC1.Cc1cc(N2CCOCC2)ccc1Nc1nc(NC2CCC(CCC(=O)C(F)(F)F)CC2)c2[nH]cnc2n1.Cc1cc(N2CCOCC2)ccc1Nc1nc(NC2CCC(CN)CC2)c2[nH]cnc2n1.NC1CCC(CNC(=O)C(F)(F)F)CC1.O=C(CCC1CCC(Nc2nc(Cl)nc3nc[nH]c23)CC1)C(F)(F)F. The van der Waals surface area contributed by atoms with Gasteiger partial charge in [-0.15, -0.1) is 0 Å². The number of halogens is 10. The molecule has 15 rings (SSSR count). The van der Waals surface area contributed by atoms with Gasteiger partial charge in [0.1, 0.15) is 16.6 Å².